The summed E-state index contributed by atoms with van der Waals surface area (Å²) in [5, 5.41) is 10.5. The van der Waals surface area contributed by atoms with Crippen LogP contribution in [0.2, 0.25) is 0 Å². The number of benzene rings is 1. The molecule has 1 amide bonds. The van der Waals surface area contributed by atoms with E-state index >= 15 is 0 Å². The molecule has 0 radical (unpaired) electrons. The van der Waals surface area contributed by atoms with Gasteiger partial charge in [0.15, 0.2) is 0 Å². The van der Waals surface area contributed by atoms with Crippen LogP contribution in [0.5, 0.6) is 0 Å². The highest BCUT2D eigenvalue weighted by molar-refractivity contribution is 7.88. The Kier molecular flexibility index (Phi) is 3.42. The quantitative estimate of drug-likeness (QED) is 0.881. The first-order valence-corrected chi connectivity index (χ1v) is 8.51. The van der Waals surface area contributed by atoms with Crippen molar-refractivity contribution in [2.45, 2.75) is 18.9 Å². The van der Waals surface area contributed by atoms with Gasteiger partial charge in [0, 0.05) is 17.6 Å². The van der Waals surface area contributed by atoms with E-state index in [1.165, 1.54) is 4.31 Å². The second-order valence-electron chi connectivity index (χ2n) is 5.19. The summed E-state index contributed by atoms with van der Waals surface area (Å²) in [5.41, 5.74) is 1.44. The van der Waals surface area contributed by atoms with Crippen LogP contribution in [0.1, 0.15) is 12.8 Å². The Balaban J connectivity index is 1.79. The minimum atomic E-state index is -3.36. The van der Waals surface area contributed by atoms with E-state index < -0.39 is 16.1 Å². The first kappa shape index (κ1) is 14.0. The fourth-order valence-electron chi connectivity index (χ4n) is 2.64. The molecule has 2 aromatic rings. The second-order valence-corrected chi connectivity index (χ2v) is 7.13. The fourth-order valence-corrected chi connectivity index (χ4v) is 3.76. The Morgan fingerprint density at radius 2 is 2.29 bits per heavy atom. The molecule has 1 saturated heterocycles. The van der Waals surface area contributed by atoms with Crippen molar-refractivity contribution in [1.29, 1.82) is 0 Å². The molecule has 3 rings (SSSR count). The number of H-pyrrole nitrogens is 1. The Morgan fingerprint density at radius 3 is 3.05 bits per heavy atom. The maximum atomic E-state index is 12.3. The summed E-state index contributed by atoms with van der Waals surface area (Å²) in [6.45, 7) is 0.399. The predicted octanol–water partition coefficient (Wildman–Crippen LogP) is 0.925. The van der Waals surface area contributed by atoms with Gasteiger partial charge in [0.05, 0.1) is 18.0 Å². The number of carbonyl (C=O) groups is 1. The minimum Gasteiger partial charge on any atom is -0.325 e. The molecule has 7 nitrogen and oxygen atoms in total. The summed E-state index contributed by atoms with van der Waals surface area (Å²) in [6.07, 6.45) is 4.08. The van der Waals surface area contributed by atoms with E-state index in [0.717, 1.165) is 17.2 Å². The highest BCUT2D eigenvalue weighted by Crippen LogP contribution is 2.23. The molecule has 21 heavy (non-hydrogen) atoms. The van der Waals surface area contributed by atoms with E-state index in [2.05, 4.69) is 15.5 Å². The van der Waals surface area contributed by atoms with Gasteiger partial charge in [-0.05, 0) is 31.0 Å². The zero-order chi connectivity index (χ0) is 15.0. The van der Waals surface area contributed by atoms with E-state index in [4.69, 9.17) is 0 Å². The highest BCUT2D eigenvalue weighted by atomic mass is 32.2. The van der Waals surface area contributed by atoms with Gasteiger partial charge in [-0.3, -0.25) is 9.89 Å². The van der Waals surface area contributed by atoms with Crippen LogP contribution in [0.15, 0.2) is 24.4 Å². The Hall–Kier alpha value is -1.93. The SMILES string of the molecule is CS(=O)(=O)N1CCCC1C(=O)Nc1ccc2cn[nH]c2c1. The Labute approximate surface area is 122 Å². The number of hydrogen-bond acceptors (Lipinski definition) is 4. The molecule has 1 aliphatic heterocycles. The number of anilines is 1. The van der Waals surface area contributed by atoms with Crippen LogP contribution >= 0.6 is 0 Å². The van der Waals surface area contributed by atoms with E-state index in [1.54, 1.807) is 18.3 Å². The zero-order valence-corrected chi connectivity index (χ0v) is 12.4. The number of fused-ring (bicyclic) bond motifs is 1. The van der Waals surface area contributed by atoms with Gasteiger partial charge in [-0.15, -0.1) is 0 Å². The van der Waals surface area contributed by atoms with Gasteiger partial charge in [-0.2, -0.15) is 9.40 Å². The smallest absolute Gasteiger partial charge is 0.242 e. The third-order valence-electron chi connectivity index (χ3n) is 3.64. The van der Waals surface area contributed by atoms with Crippen molar-refractivity contribution in [3.05, 3.63) is 24.4 Å². The molecular weight excluding hydrogens is 292 g/mol. The Bertz CT molecular complexity index is 784. The molecule has 0 bridgehead atoms. The van der Waals surface area contributed by atoms with E-state index in [-0.39, 0.29) is 5.91 Å². The molecule has 8 heteroatoms. The minimum absolute atomic E-state index is 0.295. The number of hydrogen-bond donors (Lipinski definition) is 2. The summed E-state index contributed by atoms with van der Waals surface area (Å²) in [4.78, 5) is 12.3. The van der Waals surface area contributed by atoms with E-state index in [9.17, 15) is 13.2 Å². The summed E-state index contributed by atoms with van der Waals surface area (Å²) >= 11 is 0. The molecule has 1 atom stereocenters. The number of nitrogens with one attached hydrogen (secondary N) is 2. The molecule has 0 spiro atoms. The zero-order valence-electron chi connectivity index (χ0n) is 11.5. The van der Waals surface area contributed by atoms with E-state index in [1.807, 2.05) is 6.07 Å². The van der Waals surface area contributed by atoms with Crippen LogP contribution in [-0.4, -0.2) is 47.7 Å². The molecule has 0 aliphatic carbocycles. The van der Waals surface area contributed by atoms with Crippen LogP contribution in [0.3, 0.4) is 0 Å². The molecule has 1 aliphatic rings. The molecule has 112 valence electrons. The lowest BCUT2D eigenvalue weighted by Crippen LogP contribution is -2.42. The molecule has 1 fully saturated rings. The molecule has 1 unspecified atom stereocenters. The molecule has 0 saturated carbocycles. The molecule has 1 aromatic carbocycles. The van der Waals surface area contributed by atoms with Crippen LogP contribution in [0, 0.1) is 0 Å². The number of carbonyl (C=O) groups excluding carboxylic acids is 1. The van der Waals surface area contributed by atoms with Crippen LogP contribution in [-0.2, 0) is 14.8 Å². The standard InChI is InChI=1S/C13H16N4O3S/c1-21(19,20)17-6-2-3-12(17)13(18)15-10-5-4-9-8-14-16-11(9)7-10/h4-5,7-8,12H,2-3,6H2,1H3,(H,14,16)(H,15,18). The van der Waals surface area contributed by atoms with Gasteiger partial charge in [0.2, 0.25) is 15.9 Å². The lowest BCUT2D eigenvalue weighted by Gasteiger charge is -2.21. The first-order valence-electron chi connectivity index (χ1n) is 6.66. The summed E-state index contributed by atoms with van der Waals surface area (Å²) in [7, 11) is -3.36. The molecular formula is C13H16N4O3S. The topological polar surface area (TPSA) is 95.2 Å². The largest absolute Gasteiger partial charge is 0.325 e. The fraction of sp³-hybridized carbons (Fsp3) is 0.385. The first-order chi connectivity index (χ1) is 9.95. The van der Waals surface area contributed by atoms with Gasteiger partial charge in [-0.1, -0.05) is 0 Å². The molecule has 1 aromatic heterocycles. The van der Waals surface area contributed by atoms with Crippen molar-refractivity contribution in [3.63, 3.8) is 0 Å². The van der Waals surface area contributed by atoms with Crippen LogP contribution in [0.4, 0.5) is 5.69 Å². The average Bonchev–Trinajstić information content (AvgIpc) is 3.06. The van der Waals surface area contributed by atoms with Gasteiger partial charge in [-0.25, -0.2) is 8.42 Å². The van der Waals surface area contributed by atoms with Gasteiger partial charge >= 0.3 is 0 Å². The lowest BCUT2D eigenvalue weighted by molar-refractivity contribution is -0.119. The third kappa shape index (κ3) is 2.77. The van der Waals surface area contributed by atoms with Crippen molar-refractivity contribution in [2.75, 3.05) is 18.1 Å². The van der Waals surface area contributed by atoms with Crippen molar-refractivity contribution in [3.8, 4) is 0 Å². The van der Waals surface area contributed by atoms with Crippen LogP contribution < -0.4 is 5.32 Å². The molecule has 2 heterocycles. The van der Waals surface area contributed by atoms with Gasteiger partial charge in [0.1, 0.15) is 6.04 Å². The summed E-state index contributed by atoms with van der Waals surface area (Å²) in [6, 6.07) is 4.77. The maximum Gasteiger partial charge on any atom is 0.242 e. The normalized spacial score (nSPS) is 20.0. The van der Waals surface area contributed by atoms with Crippen molar-refractivity contribution >= 4 is 32.5 Å². The van der Waals surface area contributed by atoms with Crippen molar-refractivity contribution < 1.29 is 13.2 Å². The number of aromatic nitrogens is 2. The second kappa shape index (κ2) is 5.12. The van der Waals surface area contributed by atoms with E-state index in [0.29, 0.717) is 25.1 Å². The van der Waals surface area contributed by atoms with Crippen molar-refractivity contribution in [2.24, 2.45) is 0 Å². The highest BCUT2D eigenvalue weighted by Gasteiger charge is 2.36. The van der Waals surface area contributed by atoms with Gasteiger partial charge in [0.25, 0.3) is 0 Å². The number of amides is 1. The van der Waals surface area contributed by atoms with Crippen LogP contribution in [0.25, 0.3) is 10.9 Å². The van der Waals surface area contributed by atoms with Crippen molar-refractivity contribution in [1.82, 2.24) is 14.5 Å². The number of sulfonamides is 1. The third-order valence-corrected chi connectivity index (χ3v) is 4.93. The number of aromatic amines is 1. The number of nitrogens with zero attached hydrogens (tertiary/aromatic N) is 2. The maximum absolute atomic E-state index is 12.3. The Morgan fingerprint density at radius 1 is 1.48 bits per heavy atom. The van der Waals surface area contributed by atoms with Gasteiger partial charge < -0.3 is 5.32 Å². The monoisotopic (exact) mass is 308 g/mol. The summed E-state index contributed by atoms with van der Waals surface area (Å²) < 4.78 is 24.6. The number of rotatable bonds is 3. The lowest BCUT2D eigenvalue weighted by atomic mass is 10.2. The average molecular weight is 308 g/mol. The summed E-state index contributed by atoms with van der Waals surface area (Å²) in [5.74, 6) is -0.295. The predicted molar refractivity (Wildman–Crippen MR) is 79.3 cm³/mol. The molecule has 2 N–H and O–H groups in total.